The van der Waals surface area contributed by atoms with E-state index in [2.05, 4.69) is 5.32 Å². The molecule has 1 saturated heterocycles. The van der Waals surface area contributed by atoms with Crippen molar-refractivity contribution >= 4 is 15.9 Å². The highest BCUT2D eigenvalue weighted by molar-refractivity contribution is 7.89. The maximum Gasteiger partial charge on any atom is 0.237 e. The summed E-state index contributed by atoms with van der Waals surface area (Å²) >= 11 is 0. The number of nitrogens with zero attached hydrogens (tertiary/aromatic N) is 1. The summed E-state index contributed by atoms with van der Waals surface area (Å²) in [6.07, 6.45) is 1.29. The molecule has 1 amide bonds. The van der Waals surface area contributed by atoms with E-state index in [0.717, 1.165) is 0 Å². The van der Waals surface area contributed by atoms with Gasteiger partial charge in [-0.15, -0.1) is 0 Å². The number of nitrogens with two attached hydrogens (primary N) is 1. The summed E-state index contributed by atoms with van der Waals surface area (Å²) in [5.74, 6) is 0.254. The number of nitrogens with one attached hydrogen (secondary N) is 1. The summed E-state index contributed by atoms with van der Waals surface area (Å²) in [6, 6.07) is -0.486. The van der Waals surface area contributed by atoms with Crippen LogP contribution in [-0.2, 0) is 14.8 Å². The van der Waals surface area contributed by atoms with E-state index in [-0.39, 0.29) is 29.5 Å². The van der Waals surface area contributed by atoms with Crippen LogP contribution in [-0.4, -0.2) is 49.6 Å². The minimum absolute atomic E-state index is 0.0211. The second kappa shape index (κ2) is 7.56. The second-order valence-corrected chi connectivity index (χ2v) is 8.64. The monoisotopic (exact) mass is 319 g/mol. The maximum absolute atomic E-state index is 12.1. The van der Waals surface area contributed by atoms with Gasteiger partial charge in [-0.3, -0.25) is 4.79 Å². The SMILES string of the molecule is CC(C)CS(=O)(=O)N1CCC(NC(=O)[C@@H](N)C(C)C)CC1. The van der Waals surface area contributed by atoms with Crippen LogP contribution in [0.25, 0.3) is 0 Å². The van der Waals surface area contributed by atoms with Gasteiger partial charge in [0.1, 0.15) is 0 Å². The summed E-state index contributed by atoms with van der Waals surface area (Å²) in [5.41, 5.74) is 5.81. The van der Waals surface area contributed by atoms with Crippen LogP contribution < -0.4 is 11.1 Å². The summed E-state index contributed by atoms with van der Waals surface area (Å²) in [5, 5.41) is 2.93. The molecule has 0 radical (unpaired) electrons. The Hall–Kier alpha value is -0.660. The van der Waals surface area contributed by atoms with Crippen molar-refractivity contribution in [3.05, 3.63) is 0 Å². The van der Waals surface area contributed by atoms with E-state index in [9.17, 15) is 13.2 Å². The smallest absolute Gasteiger partial charge is 0.237 e. The van der Waals surface area contributed by atoms with Crippen molar-refractivity contribution < 1.29 is 13.2 Å². The number of rotatable bonds is 6. The standard InChI is InChI=1S/C14H29N3O3S/c1-10(2)9-21(19,20)17-7-5-12(6-8-17)16-14(18)13(15)11(3)4/h10-13H,5-9,15H2,1-4H3,(H,16,18)/t13-/m0/s1. The zero-order chi connectivity index (χ0) is 16.2. The van der Waals surface area contributed by atoms with E-state index >= 15 is 0 Å². The fourth-order valence-corrected chi connectivity index (χ4v) is 4.23. The first-order valence-electron chi connectivity index (χ1n) is 7.67. The summed E-state index contributed by atoms with van der Waals surface area (Å²) in [6.45, 7) is 8.56. The Morgan fingerprint density at radius 2 is 1.76 bits per heavy atom. The molecule has 0 unspecified atom stereocenters. The second-order valence-electron chi connectivity index (χ2n) is 6.62. The quantitative estimate of drug-likeness (QED) is 0.747. The lowest BCUT2D eigenvalue weighted by atomic mass is 10.0. The minimum atomic E-state index is -3.17. The van der Waals surface area contributed by atoms with Crippen molar-refractivity contribution in [2.45, 2.75) is 52.6 Å². The molecule has 0 aromatic heterocycles. The predicted molar refractivity (Wildman–Crippen MR) is 84.2 cm³/mol. The normalized spacial score (nSPS) is 20.0. The van der Waals surface area contributed by atoms with Crippen LogP contribution in [0.5, 0.6) is 0 Å². The lowest BCUT2D eigenvalue weighted by Gasteiger charge is -2.32. The third-order valence-electron chi connectivity index (χ3n) is 3.76. The van der Waals surface area contributed by atoms with Crippen LogP contribution in [0.2, 0.25) is 0 Å². The highest BCUT2D eigenvalue weighted by Gasteiger charge is 2.30. The van der Waals surface area contributed by atoms with Crippen LogP contribution >= 0.6 is 0 Å². The summed E-state index contributed by atoms with van der Waals surface area (Å²) in [7, 11) is -3.17. The van der Waals surface area contributed by atoms with Crippen LogP contribution in [0.1, 0.15) is 40.5 Å². The van der Waals surface area contributed by atoms with E-state index in [4.69, 9.17) is 5.73 Å². The highest BCUT2D eigenvalue weighted by atomic mass is 32.2. The lowest BCUT2D eigenvalue weighted by Crippen LogP contribution is -2.52. The predicted octanol–water partition coefficient (Wildman–Crippen LogP) is 0.536. The van der Waals surface area contributed by atoms with Gasteiger partial charge in [0.05, 0.1) is 11.8 Å². The Kier molecular flexibility index (Phi) is 6.62. The van der Waals surface area contributed by atoms with Gasteiger partial charge in [-0.2, -0.15) is 0 Å². The minimum Gasteiger partial charge on any atom is -0.352 e. The molecule has 0 aromatic carbocycles. The number of carbonyl (C=O) groups is 1. The van der Waals surface area contributed by atoms with Gasteiger partial charge in [0.15, 0.2) is 0 Å². The summed E-state index contributed by atoms with van der Waals surface area (Å²) in [4.78, 5) is 11.9. The third kappa shape index (κ3) is 5.56. The van der Waals surface area contributed by atoms with Gasteiger partial charge in [0, 0.05) is 19.1 Å². The Labute approximate surface area is 128 Å². The fourth-order valence-electron chi connectivity index (χ4n) is 2.41. The number of sulfonamides is 1. The molecule has 0 saturated carbocycles. The molecule has 21 heavy (non-hydrogen) atoms. The lowest BCUT2D eigenvalue weighted by molar-refractivity contribution is -0.124. The first-order valence-corrected chi connectivity index (χ1v) is 9.28. The largest absolute Gasteiger partial charge is 0.352 e. The van der Waals surface area contributed by atoms with E-state index in [1.165, 1.54) is 4.31 Å². The average Bonchev–Trinajstić information content (AvgIpc) is 2.36. The molecule has 1 heterocycles. The zero-order valence-electron chi connectivity index (χ0n) is 13.5. The molecular weight excluding hydrogens is 290 g/mol. The van der Waals surface area contributed by atoms with Crippen molar-refractivity contribution in [3.8, 4) is 0 Å². The molecule has 7 heteroatoms. The third-order valence-corrected chi connectivity index (χ3v) is 6.00. The first kappa shape index (κ1) is 18.4. The number of hydrogen-bond acceptors (Lipinski definition) is 4. The maximum atomic E-state index is 12.1. The molecule has 0 spiro atoms. The first-order chi connectivity index (χ1) is 9.63. The van der Waals surface area contributed by atoms with Gasteiger partial charge in [-0.1, -0.05) is 27.7 Å². The van der Waals surface area contributed by atoms with E-state index in [0.29, 0.717) is 25.9 Å². The molecule has 3 N–H and O–H groups in total. The van der Waals surface area contributed by atoms with Crippen molar-refractivity contribution in [2.24, 2.45) is 17.6 Å². The Morgan fingerprint density at radius 1 is 1.24 bits per heavy atom. The van der Waals surface area contributed by atoms with Crippen LogP contribution in [0.15, 0.2) is 0 Å². The molecule has 0 bridgehead atoms. The Morgan fingerprint density at radius 3 is 2.19 bits per heavy atom. The number of carbonyl (C=O) groups excluding carboxylic acids is 1. The van der Waals surface area contributed by atoms with E-state index < -0.39 is 16.1 Å². The van der Waals surface area contributed by atoms with E-state index in [1.807, 2.05) is 27.7 Å². The Bertz CT molecular complexity index is 440. The molecular formula is C14H29N3O3S. The molecule has 1 rings (SSSR count). The van der Waals surface area contributed by atoms with Gasteiger partial charge in [-0.25, -0.2) is 12.7 Å². The van der Waals surface area contributed by atoms with Gasteiger partial charge in [-0.05, 0) is 24.7 Å². The molecule has 0 aromatic rings. The van der Waals surface area contributed by atoms with Crippen molar-refractivity contribution in [1.29, 1.82) is 0 Å². The number of hydrogen-bond donors (Lipinski definition) is 2. The van der Waals surface area contributed by atoms with Gasteiger partial charge >= 0.3 is 0 Å². The van der Waals surface area contributed by atoms with Crippen LogP contribution in [0, 0.1) is 11.8 Å². The van der Waals surface area contributed by atoms with Crippen molar-refractivity contribution in [1.82, 2.24) is 9.62 Å². The molecule has 1 aliphatic heterocycles. The molecule has 1 aliphatic rings. The van der Waals surface area contributed by atoms with Gasteiger partial charge in [0.2, 0.25) is 15.9 Å². The van der Waals surface area contributed by atoms with Crippen LogP contribution in [0.4, 0.5) is 0 Å². The molecule has 0 aliphatic carbocycles. The fraction of sp³-hybridized carbons (Fsp3) is 0.929. The van der Waals surface area contributed by atoms with E-state index in [1.54, 1.807) is 0 Å². The van der Waals surface area contributed by atoms with Gasteiger partial charge < -0.3 is 11.1 Å². The van der Waals surface area contributed by atoms with Crippen molar-refractivity contribution in [3.63, 3.8) is 0 Å². The van der Waals surface area contributed by atoms with Crippen molar-refractivity contribution in [2.75, 3.05) is 18.8 Å². The summed E-state index contributed by atoms with van der Waals surface area (Å²) < 4.78 is 25.8. The molecule has 1 fully saturated rings. The Balaban J connectivity index is 2.48. The molecule has 6 nitrogen and oxygen atoms in total. The van der Waals surface area contributed by atoms with Gasteiger partial charge in [0.25, 0.3) is 0 Å². The average molecular weight is 319 g/mol. The number of piperidine rings is 1. The highest BCUT2D eigenvalue weighted by Crippen LogP contribution is 2.16. The van der Waals surface area contributed by atoms with Crippen LogP contribution in [0.3, 0.4) is 0 Å². The molecule has 1 atom stereocenters. The zero-order valence-corrected chi connectivity index (χ0v) is 14.3. The topological polar surface area (TPSA) is 92.5 Å². The molecule has 124 valence electrons. The number of amides is 1.